The van der Waals surface area contributed by atoms with Gasteiger partial charge in [-0.15, -0.1) is 0 Å². The molecule has 130 valence electrons. The van der Waals surface area contributed by atoms with Gasteiger partial charge in [-0.3, -0.25) is 9.67 Å². The minimum atomic E-state index is -0.244. The summed E-state index contributed by atoms with van der Waals surface area (Å²) in [5.74, 6) is 0.885. The maximum Gasteiger partial charge on any atom is 0.193 e. The summed E-state index contributed by atoms with van der Waals surface area (Å²) in [5.41, 5.74) is 1.05. The number of hydrogen-bond donors (Lipinski definition) is 2. The highest BCUT2D eigenvalue weighted by Crippen LogP contribution is 2.36. The van der Waals surface area contributed by atoms with Crippen LogP contribution < -0.4 is 5.32 Å². The lowest BCUT2D eigenvalue weighted by Crippen LogP contribution is -2.42. The van der Waals surface area contributed by atoms with Crippen LogP contribution in [0.1, 0.15) is 45.1 Å². The highest BCUT2D eigenvalue weighted by Gasteiger charge is 2.35. The molecule has 0 amide bonds. The number of rotatable bonds is 5. The molecule has 0 saturated heterocycles. The number of hydrogen-bond acceptors (Lipinski definition) is 3. The van der Waals surface area contributed by atoms with Crippen molar-refractivity contribution in [2.75, 3.05) is 20.1 Å². The molecule has 1 heterocycles. The van der Waals surface area contributed by atoms with Crippen LogP contribution in [0.5, 0.6) is 0 Å². The monoisotopic (exact) mass is 321 g/mol. The van der Waals surface area contributed by atoms with Crippen LogP contribution in [-0.2, 0) is 13.6 Å². The molecular formula is C17H31N5O. The lowest BCUT2D eigenvalue weighted by Gasteiger charge is -2.37. The number of aryl methyl sites for hydroxylation is 1. The third kappa shape index (κ3) is 4.70. The second-order valence-corrected chi connectivity index (χ2v) is 6.96. The van der Waals surface area contributed by atoms with Gasteiger partial charge in [0.2, 0.25) is 0 Å². The quantitative estimate of drug-likeness (QED) is 0.641. The topological polar surface area (TPSA) is 65.7 Å². The van der Waals surface area contributed by atoms with Gasteiger partial charge in [-0.05, 0) is 19.8 Å². The molecule has 2 rings (SSSR count). The van der Waals surface area contributed by atoms with Gasteiger partial charge in [0, 0.05) is 44.4 Å². The number of aliphatic hydroxyl groups is 1. The third-order valence-electron chi connectivity index (χ3n) is 4.74. The summed E-state index contributed by atoms with van der Waals surface area (Å²) in [7, 11) is 3.96. The van der Waals surface area contributed by atoms with Crippen molar-refractivity contribution < 1.29 is 5.11 Å². The average molecular weight is 321 g/mol. The Morgan fingerprint density at radius 1 is 1.57 bits per heavy atom. The van der Waals surface area contributed by atoms with Crippen LogP contribution >= 0.6 is 0 Å². The van der Waals surface area contributed by atoms with Gasteiger partial charge in [-0.2, -0.15) is 5.10 Å². The van der Waals surface area contributed by atoms with Gasteiger partial charge in [0.15, 0.2) is 5.96 Å². The maximum absolute atomic E-state index is 10.3. The summed E-state index contributed by atoms with van der Waals surface area (Å²) in [6, 6.07) is 0. The lowest BCUT2D eigenvalue weighted by atomic mass is 9.73. The zero-order valence-corrected chi connectivity index (χ0v) is 14.9. The fourth-order valence-corrected chi connectivity index (χ4v) is 3.19. The van der Waals surface area contributed by atoms with Crippen LogP contribution in [0.2, 0.25) is 0 Å². The van der Waals surface area contributed by atoms with Crippen LogP contribution in [0.4, 0.5) is 0 Å². The first-order valence-corrected chi connectivity index (χ1v) is 8.59. The zero-order valence-electron chi connectivity index (χ0n) is 14.9. The van der Waals surface area contributed by atoms with Crippen LogP contribution in [0.25, 0.3) is 0 Å². The van der Waals surface area contributed by atoms with E-state index < -0.39 is 0 Å². The fraction of sp³-hybridized carbons (Fsp3) is 0.765. The Labute approximate surface area is 139 Å². The minimum absolute atomic E-state index is 0.103. The van der Waals surface area contributed by atoms with Crippen molar-refractivity contribution >= 4 is 5.96 Å². The highest BCUT2D eigenvalue weighted by atomic mass is 16.3. The zero-order chi connectivity index (χ0) is 16.9. The Balaban J connectivity index is 2.03. The molecule has 1 aliphatic carbocycles. The van der Waals surface area contributed by atoms with Crippen LogP contribution in [0.15, 0.2) is 17.4 Å². The van der Waals surface area contributed by atoms with E-state index in [0.29, 0.717) is 6.54 Å². The minimum Gasteiger partial charge on any atom is -0.392 e. The third-order valence-corrected chi connectivity index (χ3v) is 4.74. The standard InChI is InChI=1S/C17H31N5O/c1-5-18-16(21(3)11-14-10-20-22(4)12-14)19-13-17(2)9-7-6-8-15(17)23/h10,12,15,23H,5-9,11,13H2,1-4H3,(H,18,19). The molecule has 1 fully saturated rings. The summed E-state index contributed by atoms with van der Waals surface area (Å²) in [4.78, 5) is 6.92. The molecule has 1 aromatic rings. The second kappa shape index (κ2) is 7.81. The molecule has 0 aromatic carbocycles. The highest BCUT2D eigenvalue weighted by molar-refractivity contribution is 5.79. The first-order chi connectivity index (χ1) is 10.9. The average Bonchev–Trinajstić information content (AvgIpc) is 2.92. The Bertz CT molecular complexity index is 527. The van der Waals surface area contributed by atoms with E-state index in [9.17, 15) is 5.11 Å². The van der Waals surface area contributed by atoms with Gasteiger partial charge in [0.25, 0.3) is 0 Å². The number of aliphatic hydroxyl groups excluding tert-OH is 1. The number of aromatic nitrogens is 2. The SMILES string of the molecule is CCNC(=NCC1(C)CCCCC1O)N(C)Cc1cnn(C)c1. The van der Waals surface area contributed by atoms with Crippen LogP contribution in [0.3, 0.4) is 0 Å². The first-order valence-electron chi connectivity index (χ1n) is 8.59. The molecule has 23 heavy (non-hydrogen) atoms. The number of guanidine groups is 1. The molecule has 2 atom stereocenters. The van der Waals surface area contributed by atoms with Crippen LogP contribution in [-0.4, -0.2) is 52.0 Å². The fourth-order valence-electron chi connectivity index (χ4n) is 3.19. The summed E-state index contributed by atoms with van der Waals surface area (Å²) in [5, 5.41) is 17.9. The Hall–Kier alpha value is -1.56. The maximum atomic E-state index is 10.3. The van der Waals surface area contributed by atoms with Gasteiger partial charge < -0.3 is 15.3 Å². The van der Waals surface area contributed by atoms with E-state index in [1.807, 2.05) is 31.2 Å². The van der Waals surface area contributed by atoms with Gasteiger partial charge in [0.1, 0.15) is 0 Å². The van der Waals surface area contributed by atoms with E-state index in [0.717, 1.165) is 43.9 Å². The summed E-state index contributed by atoms with van der Waals surface area (Å²) >= 11 is 0. The Morgan fingerprint density at radius 3 is 2.96 bits per heavy atom. The lowest BCUT2D eigenvalue weighted by molar-refractivity contribution is 0.00705. The van der Waals surface area contributed by atoms with Crippen molar-refractivity contribution in [2.45, 2.75) is 52.2 Å². The first kappa shape index (κ1) is 17.8. The molecule has 0 aliphatic heterocycles. The van der Waals surface area contributed by atoms with Crippen molar-refractivity contribution in [1.82, 2.24) is 20.0 Å². The molecule has 1 aliphatic rings. The van der Waals surface area contributed by atoms with Crippen molar-refractivity contribution in [3.05, 3.63) is 18.0 Å². The van der Waals surface area contributed by atoms with Gasteiger partial charge >= 0.3 is 0 Å². The van der Waals surface area contributed by atoms with E-state index in [-0.39, 0.29) is 11.5 Å². The molecule has 0 bridgehead atoms. The molecule has 6 heteroatoms. The van der Waals surface area contributed by atoms with Gasteiger partial charge in [-0.1, -0.05) is 19.8 Å². The summed E-state index contributed by atoms with van der Waals surface area (Å²) in [6.45, 7) is 6.48. The van der Waals surface area contributed by atoms with Crippen molar-refractivity contribution in [3.8, 4) is 0 Å². The number of aliphatic imine (C=N–C) groups is 1. The van der Waals surface area contributed by atoms with Crippen molar-refractivity contribution in [3.63, 3.8) is 0 Å². The smallest absolute Gasteiger partial charge is 0.193 e. The van der Waals surface area contributed by atoms with Gasteiger partial charge in [0.05, 0.1) is 18.8 Å². The second-order valence-electron chi connectivity index (χ2n) is 6.96. The molecule has 0 radical (unpaired) electrons. The number of nitrogens with one attached hydrogen (secondary N) is 1. The van der Waals surface area contributed by atoms with Crippen molar-refractivity contribution in [2.24, 2.45) is 17.5 Å². The molecular weight excluding hydrogens is 290 g/mol. The van der Waals surface area contributed by atoms with E-state index in [1.54, 1.807) is 0 Å². The number of nitrogens with zero attached hydrogens (tertiary/aromatic N) is 4. The predicted octanol–water partition coefficient (Wildman–Crippen LogP) is 1.76. The molecule has 2 N–H and O–H groups in total. The Morgan fingerprint density at radius 2 is 2.35 bits per heavy atom. The van der Waals surface area contributed by atoms with Crippen LogP contribution in [0, 0.1) is 5.41 Å². The van der Waals surface area contributed by atoms with E-state index in [4.69, 9.17) is 4.99 Å². The molecule has 0 spiro atoms. The van der Waals surface area contributed by atoms with Crippen molar-refractivity contribution in [1.29, 1.82) is 0 Å². The van der Waals surface area contributed by atoms with Gasteiger partial charge in [-0.25, -0.2) is 0 Å². The molecule has 2 unspecified atom stereocenters. The van der Waals surface area contributed by atoms with E-state index in [1.165, 1.54) is 6.42 Å². The molecule has 6 nitrogen and oxygen atoms in total. The van der Waals surface area contributed by atoms with E-state index in [2.05, 4.69) is 29.2 Å². The largest absolute Gasteiger partial charge is 0.392 e. The van der Waals surface area contributed by atoms with E-state index >= 15 is 0 Å². The summed E-state index contributed by atoms with van der Waals surface area (Å²) < 4.78 is 1.81. The summed E-state index contributed by atoms with van der Waals surface area (Å²) in [6.07, 6.45) is 7.91. The normalized spacial score (nSPS) is 25.4. The predicted molar refractivity (Wildman–Crippen MR) is 93.2 cm³/mol. The molecule has 1 aromatic heterocycles. The molecule has 1 saturated carbocycles. The Kier molecular flexibility index (Phi) is 6.04.